The largest absolute Gasteiger partial charge is 0.462 e. The third-order valence-electron chi connectivity index (χ3n) is 2.73. The summed E-state index contributed by atoms with van der Waals surface area (Å²) in [4.78, 5) is 34.0. The Labute approximate surface area is 141 Å². The number of hydrogen-bond acceptors (Lipinski definition) is 7. The van der Waals surface area contributed by atoms with Gasteiger partial charge in [-0.25, -0.2) is 14.4 Å². The quantitative estimate of drug-likeness (QED) is 0.186. The second-order valence-electron chi connectivity index (χ2n) is 4.75. The molecule has 8 nitrogen and oxygen atoms in total. The first-order valence-corrected chi connectivity index (χ1v) is 7.04. The SMILES string of the molecule is C=CCOCC(COC(=O)C=C)(COC(=O)C=C)COC(=O)NC. The van der Waals surface area contributed by atoms with Gasteiger partial charge in [0.2, 0.25) is 0 Å². The molecule has 0 aliphatic heterocycles. The van der Waals surface area contributed by atoms with Gasteiger partial charge in [0.1, 0.15) is 19.8 Å². The fourth-order valence-electron chi connectivity index (χ4n) is 1.47. The Morgan fingerprint density at radius 2 is 1.42 bits per heavy atom. The van der Waals surface area contributed by atoms with Crippen molar-refractivity contribution in [2.75, 3.05) is 40.1 Å². The summed E-state index contributed by atoms with van der Waals surface area (Å²) in [6.45, 7) is 9.69. The third-order valence-corrected chi connectivity index (χ3v) is 2.73. The minimum atomic E-state index is -1.09. The van der Waals surface area contributed by atoms with Crippen molar-refractivity contribution in [3.05, 3.63) is 38.0 Å². The summed E-state index contributed by atoms with van der Waals surface area (Å²) in [5, 5.41) is 2.29. The Morgan fingerprint density at radius 3 is 1.83 bits per heavy atom. The van der Waals surface area contributed by atoms with Crippen molar-refractivity contribution in [2.24, 2.45) is 5.41 Å². The Bertz CT molecular complexity index is 449. The molecule has 0 spiro atoms. The molecular formula is C16H23NO7. The number of carbonyl (C=O) groups excluding carboxylic acids is 3. The summed E-state index contributed by atoms with van der Waals surface area (Å²) in [5.74, 6) is -1.34. The molecule has 24 heavy (non-hydrogen) atoms. The zero-order valence-electron chi connectivity index (χ0n) is 13.7. The maximum Gasteiger partial charge on any atom is 0.406 e. The van der Waals surface area contributed by atoms with Crippen molar-refractivity contribution < 1.29 is 33.3 Å². The molecule has 0 bridgehead atoms. The molecule has 1 N–H and O–H groups in total. The molecule has 0 saturated carbocycles. The van der Waals surface area contributed by atoms with Crippen molar-refractivity contribution in [1.29, 1.82) is 0 Å². The van der Waals surface area contributed by atoms with E-state index >= 15 is 0 Å². The lowest BCUT2D eigenvalue weighted by atomic mass is 9.92. The normalized spacial score (nSPS) is 10.2. The molecule has 134 valence electrons. The van der Waals surface area contributed by atoms with Gasteiger partial charge >= 0.3 is 18.0 Å². The van der Waals surface area contributed by atoms with Crippen LogP contribution < -0.4 is 5.32 Å². The molecule has 0 atom stereocenters. The highest BCUT2D eigenvalue weighted by Gasteiger charge is 2.36. The highest BCUT2D eigenvalue weighted by Crippen LogP contribution is 2.21. The fourth-order valence-corrected chi connectivity index (χ4v) is 1.47. The van der Waals surface area contributed by atoms with Crippen LogP contribution in [0.25, 0.3) is 0 Å². The number of esters is 2. The average Bonchev–Trinajstić information content (AvgIpc) is 2.61. The highest BCUT2D eigenvalue weighted by molar-refractivity contribution is 5.81. The molecule has 0 aliphatic carbocycles. The summed E-state index contributed by atoms with van der Waals surface area (Å²) in [5.41, 5.74) is -1.09. The van der Waals surface area contributed by atoms with Crippen LogP contribution >= 0.6 is 0 Å². The summed E-state index contributed by atoms with van der Waals surface area (Å²) < 4.78 is 20.5. The first-order chi connectivity index (χ1) is 11.4. The number of hydrogen-bond donors (Lipinski definition) is 1. The van der Waals surface area contributed by atoms with Gasteiger partial charge in [-0.2, -0.15) is 0 Å². The lowest BCUT2D eigenvalue weighted by Crippen LogP contribution is -2.44. The van der Waals surface area contributed by atoms with E-state index in [1.54, 1.807) is 0 Å². The first-order valence-electron chi connectivity index (χ1n) is 7.04. The molecular weight excluding hydrogens is 318 g/mol. The summed E-state index contributed by atoms with van der Waals surface area (Å²) in [6.07, 6.45) is 2.82. The van der Waals surface area contributed by atoms with Crippen molar-refractivity contribution in [3.63, 3.8) is 0 Å². The number of alkyl carbamates (subject to hydrolysis) is 1. The van der Waals surface area contributed by atoms with E-state index in [1.165, 1.54) is 13.1 Å². The topological polar surface area (TPSA) is 100 Å². The molecule has 1 amide bonds. The van der Waals surface area contributed by atoms with Gasteiger partial charge in [-0.1, -0.05) is 19.2 Å². The first kappa shape index (κ1) is 21.4. The molecule has 8 heteroatoms. The van der Waals surface area contributed by atoms with Gasteiger partial charge in [0, 0.05) is 19.2 Å². The molecule has 0 heterocycles. The smallest absolute Gasteiger partial charge is 0.406 e. The van der Waals surface area contributed by atoms with Gasteiger partial charge < -0.3 is 24.3 Å². The molecule has 0 rings (SSSR count). The van der Waals surface area contributed by atoms with Crippen LogP contribution in [0.15, 0.2) is 38.0 Å². The van der Waals surface area contributed by atoms with Crippen LogP contribution in [0.2, 0.25) is 0 Å². The Kier molecular flexibility index (Phi) is 10.6. The Morgan fingerprint density at radius 1 is 0.917 bits per heavy atom. The van der Waals surface area contributed by atoms with E-state index in [0.29, 0.717) is 0 Å². The predicted octanol–water partition coefficient (Wildman–Crippen LogP) is 0.990. The lowest BCUT2D eigenvalue weighted by Gasteiger charge is -2.31. The molecule has 0 fully saturated rings. The van der Waals surface area contributed by atoms with E-state index in [0.717, 1.165) is 12.2 Å². The lowest BCUT2D eigenvalue weighted by molar-refractivity contribution is -0.154. The molecule has 0 radical (unpaired) electrons. The van der Waals surface area contributed by atoms with Gasteiger partial charge in [-0.15, -0.1) is 6.58 Å². The minimum Gasteiger partial charge on any atom is -0.462 e. The minimum absolute atomic E-state index is 0.00907. The van der Waals surface area contributed by atoms with E-state index in [-0.39, 0.29) is 33.0 Å². The van der Waals surface area contributed by atoms with Crippen LogP contribution in [0.3, 0.4) is 0 Å². The second-order valence-corrected chi connectivity index (χ2v) is 4.75. The van der Waals surface area contributed by atoms with E-state index in [9.17, 15) is 14.4 Å². The number of ether oxygens (including phenoxy) is 4. The standard InChI is InChI=1S/C16H23NO7/c1-5-8-21-9-16(10-22-13(18)6-2,11-23-14(19)7-3)12-24-15(20)17-4/h5-7H,1-3,8-12H2,4H3,(H,17,20). The van der Waals surface area contributed by atoms with Gasteiger partial charge in [0.05, 0.1) is 18.6 Å². The van der Waals surface area contributed by atoms with Crippen LogP contribution in [0.5, 0.6) is 0 Å². The van der Waals surface area contributed by atoms with Crippen LogP contribution in [0.1, 0.15) is 0 Å². The monoisotopic (exact) mass is 341 g/mol. The summed E-state index contributed by atoms with van der Waals surface area (Å²) in [6, 6.07) is 0. The Balaban J connectivity index is 5.16. The van der Waals surface area contributed by atoms with Crippen molar-refractivity contribution in [3.8, 4) is 0 Å². The van der Waals surface area contributed by atoms with E-state index in [1.807, 2.05) is 0 Å². The van der Waals surface area contributed by atoms with Crippen molar-refractivity contribution in [1.82, 2.24) is 5.32 Å². The van der Waals surface area contributed by atoms with Crippen molar-refractivity contribution >= 4 is 18.0 Å². The van der Waals surface area contributed by atoms with Crippen molar-refractivity contribution in [2.45, 2.75) is 0 Å². The number of amides is 1. The summed E-state index contributed by atoms with van der Waals surface area (Å²) in [7, 11) is 1.40. The summed E-state index contributed by atoms with van der Waals surface area (Å²) >= 11 is 0. The van der Waals surface area contributed by atoms with E-state index in [4.69, 9.17) is 18.9 Å². The van der Waals surface area contributed by atoms with E-state index in [2.05, 4.69) is 25.1 Å². The van der Waals surface area contributed by atoms with Crippen LogP contribution in [-0.4, -0.2) is 58.1 Å². The number of nitrogens with one attached hydrogen (secondary N) is 1. The Hall–Kier alpha value is -2.61. The molecule has 0 unspecified atom stereocenters. The van der Waals surface area contributed by atoms with Crippen LogP contribution in [0, 0.1) is 5.41 Å². The zero-order valence-corrected chi connectivity index (χ0v) is 13.7. The van der Waals surface area contributed by atoms with Crippen LogP contribution in [-0.2, 0) is 28.5 Å². The number of rotatable bonds is 12. The van der Waals surface area contributed by atoms with E-state index < -0.39 is 23.4 Å². The molecule has 0 saturated heterocycles. The predicted molar refractivity (Wildman–Crippen MR) is 86.2 cm³/mol. The second kappa shape index (κ2) is 11.9. The van der Waals surface area contributed by atoms with Crippen LogP contribution in [0.4, 0.5) is 4.79 Å². The average molecular weight is 341 g/mol. The molecule has 0 aromatic heterocycles. The molecule has 0 aliphatic rings. The maximum atomic E-state index is 11.3. The zero-order chi connectivity index (χ0) is 18.4. The van der Waals surface area contributed by atoms with Gasteiger partial charge in [0.25, 0.3) is 0 Å². The fraction of sp³-hybridized carbons (Fsp3) is 0.438. The maximum absolute atomic E-state index is 11.3. The highest BCUT2D eigenvalue weighted by atomic mass is 16.6. The molecule has 0 aromatic rings. The molecule has 0 aromatic carbocycles. The van der Waals surface area contributed by atoms with Gasteiger partial charge in [-0.05, 0) is 0 Å². The third kappa shape index (κ3) is 8.74. The van der Waals surface area contributed by atoms with Gasteiger partial charge in [-0.3, -0.25) is 0 Å². The van der Waals surface area contributed by atoms with Gasteiger partial charge in [0.15, 0.2) is 0 Å². The number of carbonyl (C=O) groups is 3.